The molecule has 0 heterocycles. The van der Waals surface area contributed by atoms with Gasteiger partial charge in [-0.3, -0.25) is 19.2 Å². The first-order chi connectivity index (χ1) is 10.9. The molecule has 23 heavy (non-hydrogen) atoms. The number of carboxylic acids is 1. The van der Waals surface area contributed by atoms with Gasteiger partial charge in [-0.2, -0.15) is 0 Å². The minimum Gasteiger partial charge on any atom is -0.481 e. The fraction of sp³-hybridized carbons (Fsp3) is 0.412. The molecule has 1 amide bonds. The van der Waals surface area contributed by atoms with Crippen molar-refractivity contribution in [2.24, 2.45) is 0 Å². The summed E-state index contributed by atoms with van der Waals surface area (Å²) in [7, 11) is 0. The number of benzene rings is 1. The van der Waals surface area contributed by atoms with Crippen LogP contribution in [0.2, 0.25) is 0 Å². The van der Waals surface area contributed by atoms with Gasteiger partial charge >= 0.3 is 5.97 Å². The number of carboxylic acid groups (broad SMARTS) is 1. The van der Waals surface area contributed by atoms with Crippen LogP contribution in [0.25, 0.3) is 0 Å². The number of anilines is 1. The second-order valence-corrected chi connectivity index (χ2v) is 5.41. The Kier molecular flexibility index (Phi) is 7.66. The van der Waals surface area contributed by atoms with Gasteiger partial charge in [0, 0.05) is 24.9 Å². The molecular weight excluding hydrogens is 298 g/mol. The van der Waals surface area contributed by atoms with E-state index in [-0.39, 0.29) is 36.7 Å². The van der Waals surface area contributed by atoms with E-state index in [4.69, 9.17) is 5.11 Å². The van der Waals surface area contributed by atoms with E-state index in [0.717, 1.165) is 5.56 Å². The number of carbonyl (C=O) groups excluding carboxylic acids is 3. The standard InChI is InChI=1S/C17H21NO5/c1-12(19)11-15(20)10-7-13-5-8-14(9-6-13)18-16(21)3-2-4-17(22)23/h5-6,8-9H,2-4,7,10-11H2,1H3,(H,18,21)(H,22,23). The van der Waals surface area contributed by atoms with Crippen LogP contribution in [-0.2, 0) is 25.6 Å². The van der Waals surface area contributed by atoms with Crippen LogP contribution in [0.4, 0.5) is 5.69 Å². The smallest absolute Gasteiger partial charge is 0.303 e. The molecule has 0 unspecified atom stereocenters. The highest BCUT2D eigenvalue weighted by Gasteiger charge is 2.07. The molecule has 0 spiro atoms. The molecule has 0 bridgehead atoms. The quantitative estimate of drug-likeness (QED) is 0.645. The molecule has 0 aromatic heterocycles. The molecule has 0 aliphatic rings. The van der Waals surface area contributed by atoms with Crippen LogP contribution in [0.5, 0.6) is 0 Å². The minimum atomic E-state index is -0.915. The zero-order valence-corrected chi connectivity index (χ0v) is 13.1. The monoisotopic (exact) mass is 319 g/mol. The van der Waals surface area contributed by atoms with Crippen molar-refractivity contribution in [1.82, 2.24) is 0 Å². The van der Waals surface area contributed by atoms with Crippen molar-refractivity contribution >= 4 is 29.1 Å². The first-order valence-electron chi connectivity index (χ1n) is 7.48. The Morgan fingerprint density at radius 3 is 2.22 bits per heavy atom. The van der Waals surface area contributed by atoms with Gasteiger partial charge in [-0.25, -0.2) is 0 Å². The van der Waals surface area contributed by atoms with Crippen LogP contribution >= 0.6 is 0 Å². The predicted molar refractivity (Wildman–Crippen MR) is 85.2 cm³/mol. The number of hydrogen-bond acceptors (Lipinski definition) is 4. The zero-order valence-electron chi connectivity index (χ0n) is 13.1. The Labute approximate surface area is 134 Å². The molecule has 2 N–H and O–H groups in total. The van der Waals surface area contributed by atoms with Gasteiger partial charge < -0.3 is 10.4 Å². The van der Waals surface area contributed by atoms with Crippen LogP contribution in [0.15, 0.2) is 24.3 Å². The molecule has 0 aliphatic heterocycles. The topological polar surface area (TPSA) is 101 Å². The summed E-state index contributed by atoms with van der Waals surface area (Å²) in [5.41, 5.74) is 1.58. The normalized spacial score (nSPS) is 10.1. The maximum atomic E-state index is 11.6. The van der Waals surface area contributed by atoms with Gasteiger partial charge in [0.2, 0.25) is 5.91 Å². The van der Waals surface area contributed by atoms with Crippen molar-refractivity contribution in [1.29, 1.82) is 0 Å². The lowest BCUT2D eigenvalue weighted by atomic mass is 10.0. The van der Waals surface area contributed by atoms with Gasteiger partial charge in [-0.05, 0) is 37.5 Å². The van der Waals surface area contributed by atoms with Crippen molar-refractivity contribution < 1.29 is 24.3 Å². The van der Waals surface area contributed by atoms with Crippen molar-refractivity contribution in [3.8, 4) is 0 Å². The van der Waals surface area contributed by atoms with Crippen LogP contribution < -0.4 is 5.32 Å². The highest BCUT2D eigenvalue weighted by Crippen LogP contribution is 2.12. The maximum Gasteiger partial charge on any atom is 0.303 e. The van der Waals surface area contributed by atoms with Crippen LogP contribution in [0, 0.1) is 0 Å². The number of carbonyl (C=O) groups is 4. The maximum absolute atomic E-state index is 11.6. The van der Waals surface area contributed by atoms with E-state index in [0.29, 0.717) is 24.9 Å². The van der Waals surface area contributed by atoms with Gasteiger partial charge in [0.25, 0.3) is 0 Å². The zero-order chi connectivity index (χ0) is 17.2. The second-order valence-electron chi connectivity index (χ2n) is 5.41. The Balaban J connectivity index is 2.38. The van der Waals surface area contributed by atoms with E-state index >= 15 is 0 Å². The molecule has 124 valence electrons. The summed E-state index contributed by atoms with van der Waals surface area (Å²) >= 11 is 0. The van der Waals surface area contributed by atoms with E-state index < -0.39 is 5.97 Å². The molecular formula is C17H21NO5. The molecule has 0 aliphatic carbocycles. The molecule has 1 aromatic rings. The summed E-state index contributed by atoms with van der Waals surface area (Å²) < 4.78 is 0. The fourth-order valence-corrected chi connectivity index (χ4v) is 2.03. The molecule has 6 nitrogen and oxygen atoms in total. The number of hydrogen-bond donors (Lipinski definition) is 2. The number of aliphatic carboxylic acids is 1. The van der Waals surface area contributed by atoms with E-state index in [2.05, 4.69) is 5.32 Å². The van der Waals surface area contributed by atoms with Gasteiger partial charge in [0.15, 0.2) is 0 Å². The largest absolute Gasteiger partial charge is 0.481 e. The van der Waals surface area contributed by atoms with Gasteiger partial charge in [-0.1, -0.05) is 12.1 Å². The van der Waals surface area contributed by atoms with Crippen molar-refractivity contribution in [3.63, 3.8) is 0 Å². The molecule has 0 atom stereocenters. The summed E-state index contributed by atoms with van der Waals surface area (Å²) in [6, 6.07) is 7.10. The highest BCUT2D eigenvalue weighted by atomic mass is 16.4. The first kappa shape index (κ1) is 18.5. The summed E-state index contributed by atoms with van der Waals surface area (Å²) in [4.78, 5) is 44.3. The summed E-state index contributed by atoms with van der Waals surface area (Å²) in [6.45, 7) is 1.39. The third-order valence-corrected chi connectivity index (χ3v) is 3.17. The van der Waals surface area contributed by atoms with E-state index in [9.17, 15) is 19.2 Å². The first-order valence-corrected chi connectivity index (χ1v) is 7.48. The Hall–Kier alpha value is -2.50. The number of nitrogens with one attached hydrogen (secondary N) is 1. The lowest BCUT2D eigenvalue weighted by molar-refractivity contribution is -0.137. The predicted octanol–water partition coefficient (Wildman–Crippen LogP) is 2.36. The number of rotatable bonds is 10. The average Bonchev–Trinajstić information content (AvgIpc) is 2.45. The fourth-order valence-electron chi connectivity index (χ4n) is 2.03. The van der Waals surface area contributed by atoms with Crippen LogP contribution in [-0.4, -0.2) is 28.5 Å². The summed E-state index contributed by atoms with van der Waals surface area (Å²) in [6.07, 6.45) is 1.29. The molecule has 0 saturated carbocycles. The van der Waals surface area contributed by atoms with Gasteiger partial charge in [-0.15, -0.1) is 0 Å². The van der Waals surface area contributed by atoms with E-state index in [1.807, 2.05) is 12.1 Å². The Morgan fingerprint density at radius 1 is 1.00 bits per heavy atom. The number of ketones is 2. The summed E-state index contributed by atoms with van der Waals surface area (Å²) in [5.74, 6) is -1.35. The van der Waals surface area contributed by atoms with E-state index in [1.165, 1.54) is 6.92 Å². The van der Waals surface area contributed by atoms with Gasteiger partial charge in [0.1, 0.15) is 11.6 Å². The van der Waals surface area contributed by atoms with Crippen molar-refractivity contribution in [2.45, 2.75) is 45.4 Å². The number of aryl methyl sites for hydroxylation is 1. The lowest BCUT2D eigenvalue weighted by Gasteiger charge is -2.06. The van der Waals surface area contributed by atoms with Crippen LogP contribution in [0.1, 0.15) is 44.6 Å². The average molecular weight is 319 g/mol. The molecule has 1 aromatic carbocycles. The molecule has 1 rings (SSSR count). The van der Waals surface area contributed by atoms with Crippen molar-refractivity contribution in [2.75, 3.05) is 5.32 Å². The van der Waals surface area contributed by atoms with Crippen molar-refractivity contribution in [3.05, 3.63) is 29.8 Å². The molecule has 0 fully saturated rings. The number of amides is 1. The SMILES string of the molecule is CC(=O)CC(=O)CCc1ccc(NC(=O)CCCC(=O)O)cc1. The minimum absolute atomic E-state index is 0.0233. The lowest BCUT2D eigenvalue weighted by Crippen LogP contribution is -2.11. The van der Waals surface area contributed by atoms with E-state index in [1.54, 1.807) is 12.1 Å². The van der Waals surface area contributed by atoms with Gasteiger partial charge in [0.05, 0.1) is 6.42 Å². The number of Topliss-reactive ketones (excluding diaryl/α,β-unsaturated/α-hetero) is 2. The third-order valence-electron chi connectivity index (χ3n) is 3.17. The summed E-state index contributed by atoms with van der Waals surface area (Å²) in [5, 5.41) is 11.2. The molecule has 6 heteroatoms. The Bertz CT molecular complexity index is 577. The highest BCUT2D eigenvalue weighted by molar-refractivity contribution is 5.98. The molecule has 0 saturated heterocycles. The molecule has 0 radical (unpaired) electrons. The Morgan fingerprint density at radius 2 is 1.65 bits per heavy atom. The van der Waals surface area contributed by atoms with Crippen LogP contribution in [0.3, 0.4) is 0 Å². The third kappa shape index (κ3) is 8.50. The second kappa shape index (κ2) is 9.50.